The van der Waals surface area contributed by atoms with Crippen molar-refractivity contribution in [1.29, 1.82) is 0 Å². The van der Waals surface area contributed by atoms with Gasteiger partial charge in [-0.3, -0.25) is 14.2 Å². The maximum atomic E-state index is 12.1. The second-order valence-electron chi connectivity index (χ2n) is 6.09. The molecule has 0 heterocycles. The second kappa shape index (κ2) is 14.9. The van der Waals surface area contributed by atoms with E-state index in [1.807, 2.05) is 0 Å². The first-order chi connectivity index (χ1) is 12.7. The lowest BCUT2D eigenvalue weighted by Crippen LogP contribution is -2.42. The Morgan fingerprint density at radius 3 is 1.59 bits per heavy atom. The molecular formula is C15H35N6O5P. The van der Waals surface area contributed by atoms with E-state index in [1.54, 1.807) is 0 Å². The van der Waals surface area contributed by atoms with E-state index in [0.29, 0.717) is 38.8 Å². The Hall–Kier alpha value is -1.07. The first kappa shape index (κ1) is 25.9. The van der Waals surface area contributed by atoms with E-state index in [9.17, 15) is 14.2 Å². The van der Waals surface area contributed by atoms with Crippen molar-refractivity contribution < 1.29 is 23.2 Å². The SMILES string of the molecule is CP(=O)(OCCNC(=O)C(N)CCCN)OCCNC(=O)C(N)CCCN. The summed E-state index contributed by atoms with van der Waals surface area (Å²) in [5, 5.41) is 5.18. The Labute approximate surface area is 160 Å². The van der Waals surface area contributed by atoms with Crippen LogP contribution in [0.3, 0.4) is 0 Å². The van der Waals surface area contributed by atoms with Gasteiger partial charge < -0.3 is 42.6 Å². The normalized spacial score (nSPS) is 15.6. The standard InChI is InChI=1S/C15H35N6O5P/c1-27(24,25-10-8-20-14(22)12(18)4-2-6-16)26-11-9-21-15(23)13(19)5-3-7-17/h12-13H,2-11,16-19H2,1H3,(H,20,22)(H,21,23). The smallest absolute Gasteiger partial charge is 0.327 e. The third-order valence-corrected chi connectivity index (χ3v) is 4.87. The minimum atomic E-state index is -3.29. The summed E-state index contributed by atoms with van der Waals surface area (Å²) < 4.78 is 22.4. The van der Waals surface area contributed by atoms with E-state index in [0.717, 1.165) is 0 Å². The third-order valence-electron chi connectivity index (χ3n) is 3.57. The van der Waals surface area contributed by atoms with Crippen LogP contribution in [0.2, 0.25) is 0 Å². The van der Waals surface area contributed by atoms with Gasteiger partial charge >= 0.3 is 7.60 Å². The number of nitrogens with one attached hydrogen (secondary N) is 2. The van der Waals surface area contributed by atoms with E-state index in [-0.39, 0.29) is 38.1 Å². The average Bonchev–Trinajstić information content (AvgIpc) is 2.64. The van der Waals surface area contributed by atoms with Crippen LogP contribution < -0.4 is 33.6 Å². The van der Waals surface area contributed by atoms with Crippen molar-refractivity contribution in [1.82, 2.24) is 10.6 Å². The minimum Gasteiger partial charge on any atom is -0.352 e. The number of hydrogen-bond acceptors (Lipinski definition) is 9. The first-order valence-electron chi connectivity index (χ1n) is 9.06. The van der Waals surface area contributed by atoms with Gasteiger partial charge in [0.1, 0.15) is 0 Å². The zero-order valence-electron chi connectivity index (χ0n) is 16.0. The van der Waals surface area contributed by atoms with E-state index in [1.165, 1.54) is 6.66 Å². The average molecular weight is 410 g/mol. The van der Waals surface area contributed by atoms with Crippen LogP contribution >= 0.6 is 7.60 Å². The van der Waals surface area contributed by atoms with Crippen molar-refractivity contribution in [2.45, 2.75) is 37.8 Å². The number of hydrogen-bond donors (Lipinski definition) is 6. The summed E-state index contributed by atoms with van der Waals surface area (Å²) in [6, 6.07) is -1.25. The zero-order chi connectivity index (χ0) is 20.7. The topological polar surface area (TPSA) is 198 Å². The zero-order valence-corrected chi connectivity index (χ0v) is 16.9. The highest BCUT2D eigenvalue weighted by molar-refractivity contribution is 7.52. The number of carbonyl (C=O) groups is 2. The Kier molecular flexibility index (Phi) is 14.3. The summed E-state index contributed by atoms with van der Waals surface area (Å²) in [5.74, 6) is -0.625. The van der Waals surface area contributed by atoms with Gasteiger partial charge in [-0.05, 0) is 38.8 Å². The number of rotatable bonds is 16. The van der Waals surface area contributed by atoms with Crippen LogP contribution in [-0.2, 0) is 23.2 Å². The molecule has 0 spiro atoms. The summed E-state index contributed by atoms with van der Waals surface area (Å²) in [4.78, 5) is 23.4. The molecule has 160 valence electrons. The molecule has 2 amide bonds. The lowest BCUT2D eigenvalue weighted by Gasteiger charge is -2.16. The molecule has 12 heteroatoms. The summed E-state index contributed by atoms with van der Waals surface area (Å²) in [7, 11) is -3.29. The lowest BCUT2D eigenvalue weighted by atomic mass is 10.1. The highest BCUT2D eigenvalue weighted by atomic mass is 31.2. The van der Waals surface area contributed by atoms with Crippen LogP contribution in [0.25, 0.3) is 0 Å². The van der Waals surface area contributed by atoms with Gasteiger partial charge in [-0.1, -0.05) is 0 Å². The molecule has 0 saturated heterocycles. The maximum Gasteiger partial charge on any atom is 0.327 e. The van der Waals surface area contributed by atoms with Crippen molar-refractivity contribution >= 4 is 19.4 Å². The van der Waals surface area contributed by atoms with Gasteiger partial charge in [-0.25, -0.2) is 0 Å². The molecule has 11 nitrogen and oxygen atoms in total. The van der Waals surface area contributed by atoms with E-state index < -0.39 is 19.7 Å². The van der Waals surface area contributed by atoms with Crippen LogP contribution in [0.15, 0.2) is 0 Å². The fraction of sp³-hybridized carbons (Fsp3) is 0.867. The molecule has 0 saturated carbocycles. The molecule has 0 aliphatic heterocycles. The van der Waals surface area contributed by atoms with Crippen molar-refractivity contribution in [3.63, 3.8) is 0 Å². The van der Waals surface area contributed by atoms with Gasteiger partial charge in [-0.15, -0.1) is 0 Å². The van der Waals surface area contributed by atoms with Gasteiger partial charge in [0.05, 0.1) is 25.3 Å². The molecule has 10 N–H and O–H groups in total. The monoisotopic (exact) mass is 410 g/mol. The molecule has 0 bridgehead atoms. The molecule has 0 fully saturated rings. The second-order valence-corrected chi connectivity index (χ2v) is 8.15. The van der Waals surface area contributed by atoms with Gasteiger partial charge in [0, 0.05) is 19.8 Å². The van der Waals surface area contributed by atoms with E-state index in [4.69, 9.17) is 32.0 Å². The van der Waals surface area contributed by atoms with Gasteiger partial charge in [0.25, 0.3) is 0 Å². The summed E-state index contributed by atoms with van der Waals surface area (Å²) in [5.41, 5.74) is 22.1. The number of amides is 2. The number of nitrogens with two attached hydrogens (primary N) is 4. The predicted octanol–water partition coefficient (Wildman–Crippen LogP) is -1.79. The molecule has 0 aliphatic rings. The Balaban J connectivity index is 3.87. The van der Waals surface area contributed by atoms with Crippen LogP contribution in [0.5, 0.6) is 0 Å². The number of carbonyl (C=O) groups excluding carboxylic acids is 2. The third kappa shape index (κ3) is 13.7. The van der Waals surface area contributed by atoms with Gasteiger partial charge in [0.2, 0.25) is 11.8 Å². The minimum absolute atomic E-state index is 0.0133. The summed E-state index contributed by atoms with van der Waals surface area (Å²) in [6.07, 6.45) is 2.33. The van der Waals surface area contributed by atoms with Crippen molar-refractivity contribution in [2.75, 3.05) is 46.1 Å². The molecular weight excluding hydrogens is 375 g/mol. The van der Waals surface area contributed by atoms with Crippen LogP contribution in [0, 0.1) is 0 Å². The summed E-state index contributed by atoms with van der Waals surface area (Å²) in [6.45, 7) is 2.60. The Morgan fingerprint density at radius 2 is 1.26 bits per heavy atom. The lowest BCUT2D eigenvalue weighted by molar-refractivity contribution is -0.123. The maximum absolute atomic E-state index is 12.1. The highest BCUT2D eigenvalue weighted by Crippen LogP contribution is 2.43. The van der Waals surface area contributed by atoms with Gasteiger partial charge in [0.15, 0.2) is 0 Å². The van der Waals surface area contributed by atoms with E-state index >= 15 is 0 Å². The van der Waals surface area contributed by atoms with Gasteiger partial charge in [-0.2, -0.15) is 0 Å². The molecule has 0 aromatic heterocycles. The van der Waals surface area contributed by atoms with Crippen LogP contribution in [0.1, 0.15) is 25.7 Å². The molecule has 27 heavy (non-hydrogen) atoms. The van der Waals surface area contributed by atoms with Crippen LogP contribution in [0.4, 0.5) is 0 Å². The Morgan fingerprint density at radius 1 is 0.889 bits per heavy atom. The highest BCUT2D eigenvalue weighted by Gasteiger charge is 2.18. The van der Waals surface area contributed by atoms with Crippen LogP contribution in [-0.4, -0.2) is 70.0 Å². The Bertz CT molecular complexity index is 444. The van der Waals surface area contributed by atoms with Crippen molar-refractivity contribution in [3.05, 3.63) is 0 Å². The largest absolute Gasteiger partial charge is 0.352 e. The molecule has 0 aliphatic carbocycles. The fourth-order valence-electron chi connectivity index (χ4n) is 2.01. The molecule has 2 unspecified atom stereocenters. The van der Waals surface area contributed by atoms with Crippen molar-refractivity contribution in [2.24, 2.45) is 22.9 Å². The fourth-order valence-corrected chi connectivity index (χ4v) is 2.93. The molecule has 0 radical (unpaired) electrons. The first-order valence-corrected chi connectivity index (χ1v) is 11.1. The molecule has 0 rings (SSSR count). The molecule has 0 aromatic carbocycles. The predicted molar refractivity (Wildman–Crippen MR) is 104 cm³/mol. The van der Waals surface area contributed by atoms with Crippen molar-refractivity contribution in [3.8, 4) is 0 Å². The molecule has 0 aromatic rings. The summed E-state index contributed by atoms with van der Waals surface area (Å²) >= 11 is 0. The van der Waals surface area contributed by atoms with E-state index in [2.05, 4.69) is 10.6 Å². The quantitative estimate of drug-likeness (QED) is 0.126. The molecule has 2 atom stereocenters.